The number of hydrogen-bond donors (Lipinski definition) is 2. The molecule has 0 aliphatic heterocycles. The maximum atomic E-state index is 14.0. The van der Waals surface area contributed by atoms with Crippen molar-refractivity contribution in [2.24, 2.45) is 10.7 Å². The van der Waals surface area contributed by atoms with Gasteiger partial charge in [-0.15, -0.1) is 11.8 Å². The maximum absolute atomic E-state index is 14.0. The van der Waals surface area contributed by atoms with Gasteiger partial charge in [-0.1, -0.05) is 18.2 Å². The number of aromatic amines is 1. The minimum absolute atomic E-state index is 0.241. The van der Waals surface area contributed by atoms with Gasteiger partial charge in [0.05, 0.1) is 29.2 Å². The Labute approximate surface area is 177 Å². The van der Waals surface area contributed by atoms with Crippen molar-refractivity contribution in [2.75, 3.05) is 0 Å². The van der Waals surface area contributed by atoms with Crippen molar-refractivity contribution in [1.82, 2.24) is 19.9 Å². The molecule has 8 heteroatoms. The molecule has 0 unspecified atom stereocenters. The van der Waals surface area contributed by atoms with Crippen LogP contribution in [-0.4, -0.2) is 26.3 Å². The number of imidazole rings is 1. The van der Waals surface area contributed by atoms with Gasteiger partial charge >= 0.3 is 0 Å². The molecule has 0 radical (unpaired) electrons. The van der Waals surface area contributed by atoms with Crippen molar-refractivity contribution >= 4 is 23.9 Å². The first-order chi connectivity index (χ1) is 14.6. The fraction of sp³-hybridized carbons (Fsp3) is 0.0909. The Morgan fingerprint density at radius 2 is 1.97 bits per heavy atom. The highest BCUT2D eigenvalue weighted by atomic mass is 32.2. The minimum atomic E-state index is -0.241. The number of nitrogens with zero attached hydrogens (tertiary/aromatic N) is 4. The number of nitrogens with one attached hydrogen (secondary N) is 1. The number of pyridine rings is 2. The average Bonchev–Trinajstić information content (AvgIpc) is 3.18. The summed E-state index contributed by atoms with van der Waals surface area (Å²) in [6.07, 6.45) is 2.91. The number of thioether (sulfide) groups is 1. The molecule has 3 aromatic heterocycles. The summed E-state index contributed by atoms with van der Waals surface area (Å²) in [7, 11) is 0. The van der Waals surface area contributed by atoms with Crippen LogP contribution in [-0.2, 0) is 5.75 Å². The van der Waals surface area contributed by atoms with Crippen LogP contribution < -0.4 is 5.73 Å². The van der Waals surface area contributed by atoms with E-state index in [-0.39, 0.29) is 5.82 Å². The number of nitrogens with two attached hydrogens (primary N) is 1. The Kier molecular flexibility index (Phi) is 5.85. The van der Waals surface area contributed by atoms with Gasteiger partial charge in [-0.05, 0) is 43.3 Å². The summed E-state index contributed by atoms with van der Waals surface area (Å²) in [6.45, 7) is 1.94. The Balaban J connectivity index is 1.70. The van der Waals surface area contributed by atoms with E-state index in [2.05, 4.69) is 19.9 Å². The second-order valence-corrected chi connectivity index (χ2v) is 7.49. The number of halogens is 1. The van der Waals surface area contributed by atoms with Crippen LogP contribution in [0.3, 0.4) is 0 Å². The molecule has 0 aliphatic rings. The molecule has 0 saturated carbocycles. The Morgan fingerprint density at radius 3 is 2.70 bits per heavy atom. The Bertz CT molecular complexity index is 1190. The van der Waals surface area contributed by atoms with E-state index in [0.29, 0.717) is 16.5 Å². The molecule has 0 aliphatic carbocycles. The fourth-order valence-electron chi connectivity index (χ4n) is 2.95. The molecule has 3 heterocycles. The van der Waals surface area contributed by atoms with Crippen LogP contribution in [0.5, 0.6) is 0 Å². The zero-order valence-electron chi connectivity index (χ0n) is 16.2. The first kappa shape index (κ1) is 19.8. The molecule has 0 fully saturated rings. The van der Waals surface area contributed by atoms with Crippen LogP contribution in [0.2, 0.25) is 0 Å². The van der Waals surface area contributed by atoms with Gasteiger partial charge in [0.1, 0.15) is 11.6 Å². The summed E-state index contributed by atoms with van der Waals surface area (Å²) in [5.41, 5.74) is 9.36. The molecule has 0 atom stereocenters. The molecule has 0 amide bonds. The van der Waals surface area contributed by atoms with E-state index in [1.165, 1.54) is 24.2 Å². The summed E-state index contributed by atoms with van der Waals surface area (Å²) in [6, 6.07) is 16.2. The molecule has 30 heavy (non-hydrogen) atoms. The Hall–Kier alpha value is -3.52. The molecule has 150 valence electrons. The van der Waals surface area contributed by atoms with Gasteiger partial charge in [0.15, 0.2) is 5.82 Å². The highest BCUT2D eigenvalue weighted by Crippen LogP contribution is 2.32. The SMILES string of the molecule is Cc1cccc(-c2[nH]c(CSc3ccccc3F)nc2-c2ccc(N=CN)nc2)n1. The van der Waals surface area contributed by atoms with Gasteiger partial charge in [0, 0.05) is 22.3 Å². The largest absolute Gasteiger partial charge is 0.390 e. The van der Waals surface area contributed by atoms with Crippen molar-refractivity contribution in [3.05, 3.63) is 78.1 Å². The zero-order valence-corrected chi connectivity index (χ0v) is 17.0. The number of aryl methyl sites for hydroxylation is 1. The first-order valence-electron chi connectivity index (χ1n) is 9.25. The smallest absolute Gasteiger partial charge is 0.153 e. The van der Waals surface area contributed by atoms with Crippen molar-refractivity contribution in [2.45, 2.75) is 17.6 Å². The predicted octanol–water partition coefficient (Wildman–Crippen LogP) is 4.89. The second kappa shape index (κ2) is 8.87. The zero-order chi connectivity index (χ0) is 20.9. The number of aromatic nitrogens is 4. The first-order valence-corrected chi connectivity index (χ1v) is 10.2. The topological polar surface area (TPSA) is 92.8 Å². The normalized spacial score (nSPS) is 11.3. The fourth-order valence-corrected chi connectivity index (χ4v) is 3.76. The quantitative estimate of drug-likeness (QED) is 0.264. The molecule has 1 aromatic carbocycles. The van der Waals surface area contributed by atoms with Gasteiger partial charge in [-0.25, -0.2) is 19.4 Å². The molecule has 0 saturated heterocycles. The lowest BCUT2D eigenvalue weighted by atomic mass is 10.1. The second-order valence-electron chi connectivity index (χ2n) is 6.47. The van der Waals surface area contributed by atoms with E-state index in [1.807, 2.05) is 37.3 Å². The lowest BCUT2D eigenvalue weighted by molar-refractivity contribution is 0.602. The molecule has 0 bridgehead atoms. The number of benzene rings is 1. The van der Waals surface area contributed by atoms with Gasteiger partial charge in [-0.2, -0.15) is 0 Å². The average molecular weight is 419 g/mol. The van der Waals surface area contributed by atoms with E-state index < -0.39 is 0 Å². The molecule has 0 spiro atoms. The van der Waals surface area contributed by atoms with Crippen LogP contribution in [0, 0.1) is 12.7 Å². The van der Waals surface area contributed by atoms with Crippen molar-refractivity contribution in [1.29, 1.82) is 0 Å². The summed E-state index contributed by atoms with van der Waals surface area (Å²) < 4.78 is 14.0. The van der Waals surface area contributed by atoms with Crippen LogP contribution >= 0.6 is 11.8 Å². The molecular weight excluding hydrogens is 399 g/mol. The summed E-state index contributed by atoms with van der Waals surface area (Å²) in [5, 5.41) is 0. The monoisotopic (exact) mass is 418 g/mol. The van der Waals surface area contributed by atoms with Gasteiger partial charge < -0.3 is 10.7 Å². The minimum Gasteiger partial charge on any atom is -0.390 e. The molecule has 3 N–H and O–H groups in total. The van der Waals surface area contributed by atoms with E-state index in [0.717, 1.165) is 34.2 Å². The van der Waals surface area contributed by atoms with Gasteiger partial charge in [0.2, 0.25) is 0 Å². The number of hydrogen-bond acceptors (Lipinski definition) is 5. The highest BCUT2D eigenvalue weighted by molar-refractivity contribution is 7.98. The molecule has 6 nitrogen and oxygen atoms in total. The highest BCUT2D eigenvalue weighted by Gasteiger charge is 2.16. The molecular formula is C22H19FN6S. The molecule has 4 aromatic rings. The van der Waals surface area contributed by atoms with E-state index >= 15 is 0 Å². The summed E-state index contributed by atoms with van der Waals surface area (Å²) >= 11 is 1.39. The van der Waals surface area contributed by atoms with Crippen LogP contribution in [0.1, 0.15) is 11.5 Å². The van der Waals surface area contributed by atoms with E-state index in [9.17, 15) is 4.39 Å². The van der Waals surface area contributed by atoms with Crippen LogP contribution in [0.25, 0.3) is 22.6 Å². The van der Waals surface area contributed by atoms with Crippen molar-refractivity contribution < 1.29 is 4.39 Å². The van der Waals surface area contributed by atoms with Crippen molar-refractivity contribution in [3.63, 3.8) is 0 Å². The Morgan fingerprint density at radius 1 is 1.10 bits per heavy atom. The molecule has 4 rings (SSSR count). The van der Waals surface area contributed by atoms with Crippen molar-refractivity contribution in [3.8, 4) is 22.6 Å². The van der Waals surface area contributed by atoms with Gasteiger partial charge in [-0.3, -0.25) is 4.98 Å². The third-order valence-corrected chi connectivity index (χ3v) is 5.39. The maximum Gasteiger partial charge on any atom is 0.153 e. The number of H-pyrrole nitrogens is 1. The van der Waals surface area contributed by atoms with E-state index in [4.69, 9.17) is 10.7 Å². The predicted molar refractivity (Wildman–Crippen MR) is 118 cm³/mol. The van der Waals surface area contributed by atoms with E-state index in [1.54, 1.807) is 24.4 Å². The standard InChI is InChI=1S/C22H19FN6S/c1-14-5-4-7-17(27-14)22-21(15-9-10-19(25-11-15)26-13-24)28-20(29-22)12-30-18-8-3-2-6-16(18)23/h2-11,13H,12H2,1H3,(H,28,29)(H2,24,25,26). The summed E-state index contributed by atoms with van der Waals surface area (Å²) in [4.78, 5) is 21.6. The lowest BCUT2D eigenvalue weighted by Crippen LogP contribution is -1.90. The lowest BCUT2D eigenvalue weighted by Gasteiger charge is -2.03. The summed E-state index contributed by atoms with van der Waals surface area (Å²) in [5.74, 6) is 1.49. The third kappa shape index (κ3) is 4.38. The number of rotatable bonds is 6. The van der Waals surface area contributed by atoms with Crippen LogP contribution in [0.15, 0.2) is 70.7 Å². The van der Waals surface area contributed by atoms with Crippen LogP contribution in [0.4, 0.5) is 10.2 Å². The van der Waals surface area contributed by atoms with Gasteiger partial charge in [0.25, 0.3) is 0 Å². The number of aliphatic imine (C=N–C) groups is 1. The third-order valence-electron chi connectivity index (χ3n) is 4.33.